The molecule has 0 aliphatic carbocycles. The molecule has 0 aromatic rings. The van der Waals surface area contributed by atoms with Crippen molar-refractivity contribution in [3.63, 3.8) is 0 Å². The van der Waals surface area contributed by atoms with Gasteiger partial charge in [-0.25, -0.2) is 0 Å². The van der Waals surface area contributed by atoms with Gasteiger partial charge in [-0.05, 0) is 83.5 Å². The monoisotopic (exact) mass is 1070 g/mol. The van der Waals surface area contributed by atoms with Crippen molar-refractivity contribution in [3.8, 4) is 0 Å². The molecule has 0 aromatic heterocycles. The average Bonchev–Trinajstić information content (AvgIpc) is 3.43. The van der Waals surface area contributed by atoms with E-state index in [1.54, 1.807) is 6.08 Å². The summed E-state index contributed by atoms with van der Waals surface area (Å²) in [5.74, 6) is -1.07. The lowest BCUT2D eigenvalue weighted by atomic mass is 10.0. The fraction of sp³-hybridized carbons (Fsp3) is 0.704. The predicted molar refractivity (Wildman–Crippen MR) is 334 cm³/mol. The lowest BCUT2D eigenvalue weighted by Crippen LogP contribution is -2.30. The minimum Gasteiger partial charge on any atom is -0.462 e. The van der Waals surface area contributed by atoms with Crippen molar-refractivity contribution in [1.82, 2.24) is 0 Å². The van der Waals surface area contributed by atoms with E-state index in [-0.39, 0.29) is 38.0 Å². The molecule has 0 aliphatic rings. The third-order valence-corrected chi connectivity index (χ3v) is 13.8. The van der Waals surface area contributed by atoms with Gasteiger partial charge in [0.05, 0.1) is 6.42 Å². The SMILES string of the molecule is CC/C=C\C/C=C\C/C=C\C/C=C\C/C=C\CC(=O)OCC(COC(=O)CCCCCCCCCCCCCCCCCCCCCCCCCCCCC)OC(=O)CCCCCC/C=C\C/C=C\C/C=C\C/C=C\CC. The van der Waals surface area contributed by atoms with Crippen LogP contribution in [0.4, 0.5) is 0 Å². The Labute approximate surface area is 476 Å². The summed E-state index contributed by atoms with van der Waals surface area (Å²) < 4.78 is 16.8. The molecule has 0 rings (SSSR count). The van der Waals surface area contributed by atoms with Crippen LogP contribution in [-0.4, -0.2) is 37.2 Å². The lowest BCUT2D eigenvalue weighted by molar-refractivity contribution is -0.166. The maximum absolute atomic E-state index is 12.9. The quantitative estimate of drug-likeness (QED) is 0.0261. The number of allylic oxidation sites excluding steroid dienone is 17. The molecule has 0 amide bonds. The number of hydrogen-bond donors (Lipinski definition) is 0. The summed E-state index contributed by atoms with van der Waals surface area (Å²) in [6, 6.07) is 0. The molecule has 0 N–H and O–H groups in total. The normalized spacial score (nSPS) is 12.8. The Morgan fingerprint density at radius 1 is 0.286 bits per heavy atom. The van der Waals surface area contributed by atoms with Crippen molar-refractivity contribution < 1.29 is 28.6 Å². The van der Waals surface area contributed by atoms with Crippen molar-refractivity contribution in [2.75, 3.05) is 13.2 Å². The van der Waals surface area contributed by atoms with E-state index < -0.39 is 12.1 Å². The zero-order chi connectivity index (χ0) is 55.7. The molecule has 440 valence electrons. The van der Waals surface area contributed by atoms with E-state index in [2.05, 4.69) is 118 Å². The molecular weight excluding hydrogens is 949 g/mol. The summed E-state index contributed by atoms with van der Waals surface area (Å²) in [6.45, 7) is 6.33. The average molecular weight is 1070 g/mol. The van der Waals surface area contributed by atoms with Gasteiger partial charge in [0, 0.05) is 12.8 Å². The van der Waals surface area contributed by atoms with Crippen LogP contribution in [0.2, 0.25) is 0 Å². The lowest BCUT2D eigenvalue weighted by Gasteiger charge is -2.18. The van der Waals surface area contributed by atoms with E-state index in [1.165, 1.54) is 154 Å². The van der Waals surface area contributed by atoms with E-state index >= 15 is 0 Å². The Bertz CT molecular complexity index is 1560. The topological polar surface area (TPSA) is 78.9 Å². The second-order valence-corrected chi connectivity index (χ2v) is 21.3. The molecule has 6 heteroatoms. The third-order valence-electron chi connectivity index (χ3n) is 13.8. The smallest absolute Gasteiger partial charge is 0.309 e. The largest absolute Gasteiger partial charge is 0.462 e. The molecule has 6 nitrogen and oxygen atoms in total. The third kappa shape index (κ3) is 62.8. The highest BCUT2D eigenvalue weighted by Crippen LogP contribution is 2.17. The van der Waals surface area contributed by atoms with Gasteiger partial charge >= 0.3 is 17.9 Å². The van der Waals surface area contributed by atoms with E-state index in [4.69, 9.17) is 14.2 Å². The minimum absolute atomic E-state index is 0.117. The Hall–Kier alpha value is -3.93. The summed E-state index contributed by atoms with van der Waals surface area (Å²) >= 11 is 0. The summed E-state index contributed by atoms with van der Waals surface area (Å²) in [4.78, 5) is 38.2. The van der Waals surface area contributed by atoms with Gasteiger partial charge in [-0.15, -0.1) is 0 Å². The Morgan fingerprint density at radius 3 is 0.909 bits per heavy atom. The molecule has 77 heavy (non-hydrogen) atoms. The van der Waals surface area contributed by atoms with Gasteiger partial charge in [0.2, 0.25) is 0 Å². The van der Waals surface area contributed by atoms with Gasteiger partial charge in [-0.3, -0.25) is 14.4 Å². The molecule has 0 aliphatic heterocycles. The fourth-order valence-electron chi connectivity index (χ4n) is 9.04. The maximum Gasteiger partial charge on any atom is 0.309 e. The molecular formula is C71H120O6. The molecule has 0 fully saturated rings. The Kier molecular flexibility index (Phi) is 61.3. The highest BCUT2D eigenvalue weighted by atomic mass is 16.6. The number of esters is 3. The van der Waals surface area contributed by atoms with Crippen LogP contribution in [0.5, 0.6) is 0 Å². The molecule has 1 unspecified atom stereocenters. The molecule has 0 aromatic carbocycles. The zero-order valence-corrected chi connectivity index (χ0v) is 50.4. The van der Waals surface area contributed by atoms with E-state index in [0.29, 0.717) is 6.42 Å². The van der Waals surface area contributed by atoms with Crippen LogP contribution in [-0.2, 0) is 28.6 Å². The molecule has 0 saturated carbocycles. The van der Waals surface area contributed by atoms with Crippen LogP contribution < -0.4 is 0 Å². The fourth-order valence-corrected chi connectivity index (χ4v) is 9.04. The zero-order valence-electron chi connectivity index (χ0n) is 50.4. The molecule has 1 atom stereocenters. The highest BCUT2D eigenvalue weighted by molar-refractivity contribution is 5.72. The minimum atomic E-state index is -0.833. The van der Waals surface area contributed by atoms with Crippen molar-refractivity contribution in [3.05, 3.63) is 109 Å². The van der Waals surface area contributed by atoms with Crippen LogP contribution in [0, 0.1) is 0 Å². The van der Waals surface area contributed by atoms with Crippen LogP contribution in [0.3, 0.4) is 0 Å². The van der Waals surface area contributed by atoms with Crippen LogP contribution in [0.15, 0.2) is 109 Å². The van der Waals surface area contributed by atoms with Gasteiger partial charge in [-0.1, -0.05) is 310 Å². The summed E-state index contributed by atoms with van der Waals surface area (Å²) in [5.41, 5.74) is 0. The summed E-state index contributed by atoms with van der Waals surface area (Å²) in [6.07, 6.45) is 88.6. The number of unbranched alkanes of at least 4 members (excludes halogenated alkanes) is 30. The number of hydrogen-bond acceptors (Lipinski definition) is 6. The van der Waals surface area contributed by atoms with Gasteiger partial charge in [-0.2, -0.15) is 0 Å². The van der Waals surface area contributed by atoms with Gasteiger partial charge in [0.1, 0.15) is 13.2 Å². The second-order valence-electron chi connectivity index (χ2n) is 21.3. The van der Waals surface area contributed by atoms with Crippen molar-refractivity contribution in [2.45, 2.75) is 309 Å². The molecule has 0 bridgehead atoms. The summed E-state index contributed by atoms with van der Waals surface area (Å²) in [7, 11) is 0. The number of rotatable bonds is 58. The molecule has 0 heterocycles. The Balaban J connectivity index is 4.35. The van der Waals surface area contributed by atoms with Crippen molar-refractivity contribution in [2.24, 2.45) is 0 Å². The van der Waals surface area contributed by atoms with Gasteiger partial charge < -0.3 is 14.2 Å². The molecule has 0 saturated heterocycles. The van der Waals surface area contributed by atoms with Crippen molar-refractivity contribution >= 4 is 17.9 Å². The molecule has 0 radical (unpaired) electrons. The first-order chi connectivity index (χ1) is 38.0. The number of carbonyl (C=O) groups is 3. The predicted octanol–water partition coefficient (Wildman–Crippen LogP) is 22.2. The van der Waals surface area contributed by atoms with Crippen LogP contribution >= 0.6 is 0 Å². The molecule has 0 spiro atoms. The second kappa shape index (κ2) is 64.6. The van der Waals surface area contributed by atoms with Gasteiger partial charge in [0.15, 0.2) is 6.10 Å². The first-order valence-electron chi connectivity index (χ1n) is 32.4. The first kappa shape index (κ1) is 73.1. The summed E-state index contributed by atoms with van der Waals surface area (Å²) in [5, 5.41) is 0. The highest BCUT2D eigenvalue weighted by Gasteiger charge is 2.19. The van der Waals surface area contributed by atoms with Crippen LogP contribution in [0.25, 0.3) is 0 Å². The number of ether oxygens (including phenoxy) is 3. The number of carbonyl (C=O) groups excluding carboxylic acids is 3. The van der Waals surface area contributed by atoms with Crippen LogP contribution in [0.1, 0.15) is 303 Å². The van der Waals surface area contributed by atoms with Crippen molar-refractivity contribution in [1.29, 1.82) is 0 Å². The van der Waals surface area contributed by atoms with E-state index in [9.17, 15) is 14.4 Å². The van der Waals surface area contributed by atoms with E-state index in [1.807, 2.05) is 6.08 Å². The maximum atomic E-state index is 12.9. The van der Waals surface area contributed by atoms with E-state index in [0.717, 1.165) is 109 Å². The standard InChI is InChI=1S/C71H120O6/c1-4-7-10-13-16-19-22-25-28-30-31-32-33-34-35-36-37-38-39-41-43-46-49-52-55-58-61-64-70(73)76-67-68(66-75-69(72)63-60-57-54-51-48-45-42-27-24-21-18-15-12-9-6-3)77-71(74)65-62-59-56-53-50-47-44-40-29-26-23-20-17-14-11-8-5-2/h8-9,11-12,17-18,20-21,26-27,29,42,44,47-48,51,57,60,68H,4-7,10,13-16,19,22-25,28,30-41,43,45-46,49-50,52-56,58-59,61-67H2,1-3H3/b11-8-,12-9-,20-17-,21-18-,29-26-,42-27-,47-44-,51-48-,60-57-. The van der Waals surface area contributed by atoms with Gasteiger partial charge in [0.25, 0.3) is 0 Å². The first-order valence-corrected chi connectivity index (χ1v) is 32.4. The Morgan fingerprint density at radius 2 is 0.558 bits per heavy atom.